The summed E-state index contributed by atoms with van der Waals surface area (Å²) >= 11 is 0. The maximum Gasteiger partial charge on any atom is 0.319 e. The third-order valence-electron chi connectivity index (χ3n) is 4.04. The molecule has 0 aromatic carbocycles. The fourth-order valence-corrected chi connectivity index (χ4v) is 2.48. The summed E-state index contributed by atoms with van der Waals surface area (Å²) in [6, 6.07) is -0.240. The zero-order chi connectivity index (χ0) is 16.0. The summed E-state index contributed by atoms with van der Waals surface area (Å²) in [4.78, 5) is 37.9. The number of nitrogens with zero attached hydrogens (tertiary/aromatic N) is 2. The molecule has 1 N–H and O–H groups in total. The summed E-state index contributed by atoms with van der Waals surface area (Å²) in [5.74, 6) is -1.19. The van der Waals surface area contributed by atoms with E-state index in [-0.39, 0.29) is 31.5 Å². The number of carbonyl (C=O) groups excluding carboxylic acids is 2. The summed E-state index contributed by atoms with van der Waals surface area (Å²) in [7, 11) is 1.61. The average molecular weight is 300 g/mol. The Labute approximate surface area is 124 Å². The summed E-state index contributed by atoms with van der Waals surface area (Å²) in [6.45, 7) is 4.80. The van der Waals surface area contributed by atoms with E-state index < -0.39 is 11.4 Å². The molecule has 7 heteroatoms. The van der Waals surface area contributed by atoms with Crippen molar-refractivity contribution in [1.82, 2.24) is 9.80 Å². The van der Waals surface area contributed by atoms with Crippen LogP contribution in [0.3, 0.4) is 0 Å². The van der Waals surface area contributed by atoms with Crippen molar-refractivity contribution in [3.63, 3.8) is 0 Å². The van der Waals surface area contributed by atoms with Crippen LogP contribution in [0.5, 0.6) is 0 Å². The van der Waals surface area contributed by atoms with Gasteiger partial charge in [-0.25, -0.2) is 4.79 Å². The summed E-state index contributed by atoms with van der Waals surface area (Å²) in [6.07, 6.45) is 1.11. The van der Waals surface area contributed by atoms with Gasteiger partial charge in [-0.3, -0.25) is 9.59 Å². The smallest absolute Gasteiger partial charge is 0.319 e. The predicted molar refractivity (Wildman–Crippen MR) is 75.8 cm³/mol. The highest BCUT2D eigenvalue weighted by atomic mass is 16.5. The van der Waals surface area contributed by atoms with Crippen LogP contribution in [0, 0.1) is 5.41 Å². The van der Waals surface area contributed by atoms with E-state index in [0.717, 1.165) is 0 Å². The van der Waals surface area contributed by atoms with Crippen LogP contribution in [0.2, 0.25) is 0 Å². The van der Waals surface area contributed by atoms with Gasteiger partial charge in [0.2, 0.25) is 0 Å². The quantitative estimate of drug-likeness (QED) is 0.744. The lowest BCUT2D eigenvalue weighted by Crippen LogP contribution is -2.43. The third-order valence-corrected chi connectivity index (χ3v) is 4.04. The van der Waals surface area contributed by atoms with Gasteiger partial charge in [-0.1, -0.05) is 6.92 Å². The van der Waals surface area contributed by atoms with Crippen molar-refractivity contribution < 1.29 is 24.2 Å². The van der Waals surface area contributed by atoms with E-state index in [9.17, 15) is 19.5 Å². The average Bonchev–Trinajstić information content (AvgIpc) is 2.90. The second-order valence-electron chi connectivity index (χ2n) is 5.37. The number of hydrogen-bond donors (Lipinski definition) is 1. The molecule has 0 aromatic rings. The van der Waals surface area contributed by atoms with Crippen molar-refractivity contribution in [3.8, 4) is 0 Å². The molecule has 120 valence electrons. The normalized spacial score (nSPS) is 21.2. The van der Waals surface area contributed by atoms with Gasteiger partial charge in [-0.15, -0.1) is 0 Å². The van der Waals surface area contributed by atoms with Crippen molar-refractivity contribution in [2.45, 2.75) is 33.1 Å². The first-order valence-electron chi connectivity index (χ1n) is 7.25. The van der Waals surface area contributed by atoms with Crippen LogP contribution in [0.1, 0.15) is 33.1 Å². The number of rotatable bonds is 6. The Morgan fingerprint density at radius 2 is 2.00 bits per heavy atom. The minimum Gasteiger partial charge on any atom is -0.481 e. The number of carboxylic acid groups (broad SMARTS) is 1. The topological polar surface area (TPSA) is 87.2 Å². The van der Waals surface area contributed by atoms with E-state index in [1.807, 2.05) is 6.92 Å². The number of carboxylic acids is 1. The van der Waals surface area contributed by atoms with E-state index in [4.69, 9.17) is 4.74 Å². The second-order valence-corrected chi connectivity index (χ2v) is 5.37. The lowest BCUT2D eigenvalue weighted by molar-refractivity contribution is -0.148. The number of carbonyl (C=O) groups is 3. The van der Waals surface area contributed by atoms with Crippen molar-refractivity contribution in [1.29, 1.82) is 0 Å². The van der Waals surface area contributed by atoms with Gasteiger partial charge in [0.15, 0.2) is 0 Å². The Kier molecular flexibility index (Phi) is 5.99. The fraction of sp³-hybridized carbons (Fsp3) is 0.786. The van der Waals surface area contributed by atoms with Gasteiger partial charge < -0.3 is 19.6 Å². The Hall–Kier alpha value is -1.79. The van der Waals surface area contributed by atoms with Crippen LogP contribution in [-0.4, -0.2) is 66.2 Å². The Morgan fingerprint density at radius 1 is 1.33 bits per heavy atom. The maximum absolute atomic E-state index is 12.2. The number of likely N-dealkylation sites (tertiary alicyclic amines) is 1. The largest absolute Gasteiger partial charge is 0.481 e. The number of aliphatic carboxylic acids is 1. The number of urea groups is 1. The monoisotopic (exact) mass is 300 g/mol. The van der Waals surface area contributed by atoms with Gasteiger partial charge in [0.1, 0.15) is 0 Å². The molecule has 2 amide bonds. The molecule has 0 bridgehead atoms. The van der Waals surface area contributed by atoms with Crippen molar-refractivity contribution in [2.75, 3.05) is 33.3 Å². The second kappa shape index (κ2) is 7.28. The third kappa shape index (κ3) is 4.09. The van der Waals surface area contributed by atoms with Gasteiger partial charge in [0.25, 0.3) is 0 Å². The number of esters is 1. The molecule has 0 aromatic heterocycles. The van der Waals surface area contributed by atoms with Crippen LogP contribution in [0.4, 0.5) is 4.79 Å². The van der Waals surface area contributed by atoms with Crippen LogP contribution in [0.15, 0.2) is 0 Å². The standard InChI is InChI=1S/C14H24N2O5/c1-4-14(12(18)19)7-9-16(10-14)13(20)15(3)8-6-11(17)21-5-2/h4-10H2,1-3H3,(H,18,19). The molecule has 0 spiro atoms. The summed E-state index contributed by atoms with van der Waals surface area (Å²) in [5.41, 5.74) is -0.836. The van der Waals surface area contributed by atoms with Gasteiger partial charge in [-0.05, 0) is 19.8 Å². The predicted octanol–water partition coefficient (Wildman–Crippen LogP) is 1.18. The molecule has 1 atom stereocenters. The fourth-order valence-electron chi connectivity index (χ4n) is 2.48. The zero-order valence-corrected chi connectivity index (χ0v) is 12.9. The molecule has 0 saturated carbocycles. The van der Waals surface area contributed by atoms with E-state index in [0.29, 0.717) is 26.0 Å². The molecule has 1 saturated heterocycles. The lowest BCUT2D eigenvalue weighted by atomic mass is 9.84. The van der Waals surface area contributed by atoms with Crippen LogP contribution < -0.4 is 0 Å². The highest BCUT2D eigenvalue weighted by Gasteiger charge is 2.45. The van der Waals surface area contributed by atoms with Crippen LogP contribution in [-0.2, 0) is 14.3 Å². The minimum absolute atomic E-state index is 0.141. The van der Waals surface area contributed by atoms with Gasteiger partial charge >= 0.3 is 18.0 Å². The van der Waals surface area contributed by atoms with Gasteiger partial charge in [-0.2, -0.15) is 0 Å². The molecule has 7 nitrogen and oxygen atoms in total. The van der Waals surface area contributed by atoms with Crippen molar-refractivity contribution in [3.05, 3.63) is 0 Å². The minimum atomic E-state index is -0.852. The highest BCUT2D eigenvalue weighted by Crippen LogP contribution is 2.34. The molecule has 0 radical (unpaired) electrons. The van der Waals surface area contributed by atoms with Gasteiger partial charge in [0, 0.05) is 26.7 Å². The number of amides is 2. The van der Waals surface area contributed by atoms with E-state index in [1.54, 1.807) is 18.9 Å². The first-order valence-corrected chi connectivity index (χ1v) is 7.25. The summed E-state index contributed by atoms with van der Waals surface area (Å²) in [5, 5.41) is 9.32. The molecule has 1 unspecified atom stereocenters. The molecule has 1 heterocycles. The van der Waals surface area contributed by atoms with E-state index in [2.05, 4.69) is 0 Å². The van der Waals surface area contributed by atoms with Crippen molar-refractivity contribution >= 4 is 18.0 Å². The molecule has 1 rings (SSSR count). The zero-order valence-electron chi connectivity index (χ0n) is 12.9. The summed E-state index contributed by atoms with van der Waals surface area (Å²) < 4.78 is 4.81. The maximum atomic E-state index is 12.2. The Balaban J connectivity index is 2.53. The Bertz CT molecular complexity index is 412. The van der Waals surface area contributed by atoms with Crippen LogP contribution in [0.25, 0.3) is 0 Å². The molecule has 1 aliphatic heterocycles. The number of ether oxygens (including phenoxy) is 1. The Morgan fingerprint density at radius 3 is 2.48 bits per heavy atom. The highest BCUT2D eigenvalue weighted by molar-refractivity contribution is 5.80. The van der Waals surface area contributed by atoms with Gasteiger partial charge in [0.05, 0.1) is 18.4 Å². The molecular weight excluding hydrogens is 276 g/mol. The number of hydrogen-bond acceptors (Lipinski definition) is 4. The molecular formula is C14H24N2O5. The van der Waals surface area contributed by atoms with Crippen molar-refractivity contribution in [2.24, 2.45) is 5.41 Å². The van der Waals surface area contributed by atoms with E-state index >= 15 is 0 Å². The molecule has 1 fully saturated rings. The first-order chi connectivity index (χ1) is 9.86. The first kappa shape index (κ1) is 17.3. The van der Waals surface area contributed by atoms with Crippen LogP contribution >= 0.6 is 0 Å². The lowest BCUT2D eigenvalue weighted by Gasteiger charge is -2.26. The SMILES string of the molecule is CCOC(=O)CCN(C)C(=O)N1CCC(CC)(C(=O)O)C1. The van der Waals surface area contributed by atoms with E-state index in [1.165, 1.54) is 4.90 Å². The molecule has 21 heavy (non-hydrogen) atoms. The molecule has 1 aliphatic rings. The molecule has 0 aliphatic carbocycles.